The molecule has 2 N–H and O–H groups in total. The number of benzene rings is 1. The topological polar surface area (TPSA) is 135 Å². The summed E-state index contributed by atoms with van der Waals surface area (Å²) >= 11 is 0. The molecule has 2 heterocycles. The highest BCUT2D eigenvalue weighted by Crippen LogP contribution is 2.20. The second kappa shape index (κ2) is 7.68. The SMILES string of the molecule is O=C(NNC(=O)C1CC(=O)N(Cc2ccco2)C1)c1ccc([N+](=O)[O-])cc1. The summed E-state index contributed by atoms with van der Waals surface area (Å²) in [4.78, 5) is 47.8. The van der Waals surface area contributed by atoms with Crippen LogP contribution in [0.4, 0.5) is 5.69 Å². The summed E-state index contributed by atoms with van der Waals surface area (Å²) in [5.41, 5.74) is 4.54. The van der Waals surface area contributed by atoms with Crippen LogP contribution in [-0.2, 0) is 16.1 Å². The fourth-order valence-corrected chi connectivity index (χ4v) is 2.72. The normalized spacial score (nSPS) is 16.2. The maximum absolute atomic E-state index is 12.2. The molecule has 0 saturated carbocycles. The molecule has 1 aliphatic rings. The van der Waals surface area contributed by atoms with E-state index in [0.717, 1.165) is 0 Å². The number of carbonyl (C=O) groups excluding carboxylic acids is 3. The zero-order valence-corrected chi connectivity index (χ0v) is 14.1. The highest BCUT2D eigenvalue weighted by atomic mass is 16.6. The Labute approximate surface area is 153 Å². The van der Waals surface area contributed by atoms with Gasteiger partial charge in [-0.15, -0.1) is 0 Å². The Bertz CT molecular complexity index is 862. The summed E-state index contributed by atoms with van der Waals surface area (Å²) in [5.74, 6) is -1.25. The van der Waals surface area contributed by atoms with Crippen molar-refractivity contribution >= 4 is 23.4 Å². The zero-order chi connectivity index (χ0) is 19.4. The van der Waals surface area contributed by atoms with Gasteiger partial charge in [0.05, 0.1) is 23.6 Å². The third-order valence-corrected chi connectivity index (χ3v) is 4.15. The van der Waals surface area contributed by atoms with Gasteiger partial charge >= 0.3 is 0 Å². The number of nitrogens with one attached hydrogen (secondary N) is 2. The van der Waals surface area contributed by atoms with Gasteiger partial charge < -0.3 is 9.32 Å². The van der Waals surface area contributed by atoms with Crippen molar-refractivity contribution in [3.05, 3.63) is 64.1 Å². The van der Waals surface area contributed by atoms with Crippen molar-refractivity contribution in [2.24, 2.45) is 5.92 Å². The van der Waals surface area contributed by atoms with Crippen LogP contribution in [0.15, 0.2) is 47.1 Å². The molecule has 27 heavy (non-hydrogen) atoms. The maximum atomic E-state index is 12.2. The van der Waals surface area contributed by atoms with Crippen LogP contribution in [0.1, 0.15) is 22.5 Å². The van der Waals surface area contributed by atoms with Gasteiger partial charge in [0.2, 0.25) is 11.8 Å². The number of rotatable bonds is 5. The number of nitro groups is 1. The molecule has 1 unspecified atom stereocenters. The lowest BCUT2D eigenvalue weighted by atomic mass is 10.1. The van der Waals surface area contributed by atoms with Crippen LogP contribution in [0.3, 0.4) is 0 Å². The average molecular weight is 372 g/mol. The highest BCUT2D eigenvalue weighted by Gasteiger charge is 2.34. The molecule has 2 aromatic rings. The summed E-state index contributed by atoms with van der Waals surface area (Å²) in [5, 5.41) is 10.6. The van der Waals surface area contributed by atoms with E-state index < -0.39 is 22.7 Å². The molecular formula is C17H16N4O6. The first kappa shape index (κ1) is 18.1. The molecule has 140 valence electrons. The van der Waals surface area contributed by atoms with E-state index in [1.165, 1.54) is 35.4 Å². The summed E-state index contributed by atoms with van der Waals surface area (Å²) in [6.07, 6.45) is 1.55. The van der Waals surface area contributed by atoms with Gasteiger partial charge in [0, 0.05) is 30.7 Å². The van der Waals surface area contributed by atoms with Crippen molar-refractivity contribution in [1.82, 2.24) is 15.8 Å². The van der Waals surface area contributed by atoms with Gasteiger partial charge in [-0.05, 0) is 24.3 Å². The van der Waals surface area contributed by atoms with Gasteiger partial charge in [0.1, 0.15) is 5.76 Å². The van der Waals surface area contributed by atoms with E-state index in [1.54, 1.807) is 12.1 Å². The molecule has 1 saturated heterocycles. The predicted octanol–water partition coefficient (Wildman–Crippen LogP) is 0.998. The van der Waals surface area contributed by atoms with Crippen molar-refractivity contribution in [3.63, 3.8) is 0 Å². The molecule has 1 atom stereocenters. The first-order valence-corrected chi connectivity index (χ1v) is 8.09. The van der Waals surface area contributed by atoms with Crippen LogP contribution in [-0.4, -0.2) is 34.1 Å². The number of non-ortho nitro benzene ring substituents is 1. The van der Waals surface area contributed by atoms with Crippen molar-refractivity contribution in [3.8, 4) is 0 Å². The summed E-state index contributed by atoms with van der Waals surface area (Å²) < 4.78 is 5.20. The van der Waals surface area contributed by atoms with E-state index in [4.69, 9.17) is 4.42 Å². The van der Waals surface area contributed by atoms with E-state index in [0.29, 0.717) is 5.76 Å². The summed E-state index contributed by atoms with van der Waals surface area (Å²) in [7, 11) is 0. The second-order valence-electron chi connectivity index (χ2n) is 6.00. The molecule has 10 heteroatoms. The standard InChI is InChI=1S/C17H16N4O6/c22-15-8-12(9-20(15)10-14-2-1-7-27-14)17(24)19-18-16(23)11-3-5-13(6-4-11)21(25)26/h1-7,12H,8-10H2,(H,18,23)(H,19,24). The van der Waals surface area contributed by atoms with E-state index in [2.05, 4.69) is 10.9 Å². The molecule has 0 spiro atoms. The Hall–Kier alpha value is -3.69. The van der Waals surface area contributed by atoms with Gasteiger partial charge in [-0.1, -0.05) is 0 Å². The van der Waals surface area contributed by atoms with Crippen molar-refractivity contribution in [1.29, 1.82) is 0 Å². The van der Waals surface area contributed by atoms with E-state index >= 15 is 0 Å². The van der Waals surface area contributed by atoms with Gasteiger partial charge in [0.25, 0.3) is 11.6 Å². The lowest BCUT2D eigenvalue weighted by Gasteiger charge is -2.15. The first-order valence-electron chi connectivity index (χ1n) is 8.09. The summed E-state index contributed by atoms with van der Waals surface area (Å²) in [6, 6.07) is 8.41. The fourth-order valence-electron chi connectivity index (χ4n) is 2.72. The zero-order valence-electron chi connectivity index (χ0n) is 14.1. The molecule has 0 aliphatic carbocycles. The third-order valence-electron chi connectivity index (χ3n) is 4.15. The average Bonchev–Trinajstić information content (AvgIpc) is 3.30. The maximum Gasteiger partial charge on any atom is 0.269 e. The number of carbonyl (C=O) groups is 3. The van der Waals surface area contributed by atoms with Crippen molar-refractivity contribution in [2.45, 2.75) is 13.0 Å². The molecule has 1 aromatic carbocycles. The van der Waals surface area contributed by atoms with E-state index in [-0.39, 0.29) is 36.7 Å². The van der Waals surface area contributed by atoms with Crippen LogP contribution in [0, 0.1) is 16.0 Å². The number of nitro benzene ring substituents is 1. The number of hydrogen-bond donors (Lipinski definition) is 2. The molecular weight excluding hydrogens is 356 g/mol. The third kappa shape index (κ3) is 4.29. The minimum atomic E-state index is -0.616. The number of nitrogens with zero attached hydrogens (tertiary/aromatic N) is 2. The molecule has 0 radical (unpaired) electrons. The molecule has 10 nitrogen and oxygen atoms in total. The van der Waals surface area contributed by atoms with Gasteiger partial charge in [-0.2, -0.15) is 0 Å². The minimum absolute atomic E-state index is 0.0416. The predicted molar refractivity (Wildman–Crippen MR) is 90.9 cm³/mol. The van der Waals surface area contributed by atoms with Crippen LogP contribution in [0.2, 0.25) is 0 Å². The van der Waals surface area contributed by atoms with Gasteiger partial charge in [-0.25, -0.2) is 0 Å². The first-order chi connectivity index (χ1) is 12.9. The Kier molecular flexibility index (Phi) is 5.15. The van der Waals surface area contributed by atoms with Gasteiger partial charge in [-0.3, -0.25) is 35.3 Å². The summed E-state index contributed by atoms with van der Waals surface area (Å²) in [6.45, 7) is 0.504. The number of amides is 3. The van der Waals surface area contributed by atoms with Crippen LogP contribution < -0.4 is 10.9 Å². The molecule has 3 rings (SSSR count). The molecule has 3 amide bonds. The number of likely N-dealkylation sites (tertiary alicyclic amines) is 1. The van der Waals surface area contributed by atoms with E-state index in [9.17, 15) is 24.5 Å². The quantitative estimate of drug-likeness (QED) is 0.594. The van der Waals surface area contributed by atoms with Crippen LogP contribution in [0.5, 0.6) is 0 Å². The largest absolute Gasteiger partial charge is 0.467 e. The van der Waals surface area contributed by atoms with Crippen LogP contribution >= 0.6 is 0 Å². The van der Waals surface area contributed by atoms with Gasteiger partial charge in [0.15, 0.2) is 0 Å². The smallest absolute Gasteiger partial charge is 0.269 e. The monoisotopic (exact) mass is 372 g/mol. The Morgan fingerprint density at radius 1 is 1.22 bits per heavy atom. The molecule has 0 bridgehead atoms. The lowest BCUT2D eigenvalue weighted by Crippen LogP contribution is -2.45. The Balaban J connectivity index is 1.51. The molecule has 1 fully saturated rings. The Morgan fingerprint density at radius 2 is 1.96 bits per heavy atom. The Morgan fingerprint density at radius 3 is 2.59 bits per heavy atom. The van der Waals surface area contributed by atoms with E-state index in [1.807, 2.05) is 0 Å². The molecule has 1 aliphatic heterocycles. The second-order valence-corrected chi connectivity index (χ2v) is 6.00. The lowest BCUT2D eigenvalue weighted by molar-refractivity contribution is -0.384. The number of furan rings is 1. The highest BCUT2D eigenvalue weighted by molar-refractivity contribution is 5.96. The fraction of sp³-hybridized carbons (Fsp3) is 0.235. The number of hydrazine groups is 1. The van der Waals surface area contributed by atoms with Crippen molar-refractivity contribution < 1.29 is 23.7 Å². The number of hydrogen-bond acceptors (Lipinski definition) is 6. The van der Waals surface area contributed by atoms with Crippen LogP contribution in [0.25, 0.3) is 0 Å². The minimum Gasteiger partial charge on any atom is -0.467 e. The van der Waals surface area contributed by atoms with Crippen molar-refractivity contribution in [2.75, 3.05) is 6.54 Å². The molecule has 1 aromatic heterocycles.